The summed E-state index contributed by atoms with van der Waals surface area (Å²) >= 11 is 0. The second-order valence-electron chi connectivity index (χ2n) is 21.7. The topological polar surface area (TPSA) is 108 Å². The lowest BCUT2D eigenvalue weighted by molar-refractivity contribution is -0.870. The van der Waals surface area contributed by atoms with Crippen LogP contribution in [-0.2, 0) is 18.4 Å². The van der Waals surface area contributed by atoms with Crippen LogP contribution in [0.3, 0.4) is 0 Å². The van der Waals surface area contributed by atoms with E-state index >= 15 is 0 Å². The molecule has 0 saturated heterocycles. The van der Waals surface area contributed by atoms with Gasteiger partial charge in [0.05, 0.1) is 39.9 Å². The van der Waals surface area contributed by atoms with Gasteiger partial charge in [0.1, 0.15) is 13.2 Å². The number of phosphoric ester groups is 1. The molecular weight excluding hydrogens is 864 g/mol. The van der Waals surface area contributed by atoms with E-state index in [0.29, 0.717) is 17.4 Å². The molecule has 0 aromatic heterocycles. The van der Waals surface area contributed by atoms with E-state index in [0.717, 1.165) is 38.5 Å². The van der Waals surface area contributed by atoms with Crippen molar-refractivity contribution >= 4 is 13.7 Å². The quantitative estimate of drug-likeness (QED) is 0.0272. The number of carbonyl (C=O) groups excluding carboxylic acids is 1. The van der Waals surface area contributed by atoms with Crippen LogP contribution in [0, 0.1) is 0 Å². The van der Waals surface area contributed by atoms with Gasteiger partial charge in [-0.3, -0.25) is 9.36 Å². The van der Waals surface area contributed by atoms with Crippen molar-refractivity contribution in [3.8, 4) is 0 Å². The van der Waals surface area contributed by atoms with Crippen molar-refractivity contribution in [1.82, 2.24) is 5.32 Å². The van der Waals surface area contributed by atoms with E-state index < -0.39 is 20.0 Å². The minimum atomic E-state index is -4.59. The Morgan fingerprint density at radius 2 is 0.809 bits per heavy atom. The predicted molar refractivity (Wildman–Crippen MR) is 293 cm³/mol. The summed E-state index contributed by atoms with van der Waals surface area (Å²) in [5.41, 5.74) is 0. The van der Waals surface area contributed by atoms with Crippen molar-refractivity contribution in [1.29, 1.82) is 0 Å². The predicted octanol–water partition coefficient (Wildman–Crippen LogP) is 17.4. The van der Waals surface area contributed by atoms with Gasteiger partial charge >= 0.3 is 0 Å². The summed E-state index contributed by atoms with van der Waals surface area (Å²) in [5.74, 6) is -0.192. The second kappa shape index (κ2) is 50.9. The van der Waals surface area contributed by atoms with Gasteiger partial charge in [-0.1, -0.05) is 269 Å². The molecule has 0 aliphatic carbocycles. The van der Waals surface area contributed by atoms with Crippen molar-refractivity contribution < 1.29 is 32.9 Å². The number of aliphatic hydroxyl groups is 1. The van der Waals surface area contributed by atoms with Crippen LogP contribution in [0.2, 0.25) is 0 Å². The van der Waals surface area contributed by atoms with E-state index in [-0.39, 0.29) is 19.1 Å². The summed E-state index contributed by atoms with van der Waals surface area (Å²) in [4.78, 5) is 25.5. The van der Waals surface area contributed by atoms with E-state index in [1.54, 1.807) is 6.08 Å². The third-order valence-corrected chi connectivity index (χ3v) is 14.6. The summed E-state index contributed by atoms with van der Waals surface area (Å²) in [6.45, 7) is 4.69. The highest BCUT2D eigenvalue weighted by molar-refractivity contribution is 7.45. The molecule has 0 rings (SSSR count). The zero-order chi connectivity index (χ0) is 49.9. The first-order chi connectivity index (χ1) is 33.0. The molecule has 0 fully saturated rings. The van der Waals surface area contributed by atoms with Crippen molar-refractivity contribution in [2.45, 2.75) is 309 Å². The first kappa shape index (κ1) is 67.0. The fraction of sp³-hybridized carbons (Fsp3) is 0.915. The molecule has 3 unspecified atom stereocenters. The van der Waals surface area contributed by atoms with Crippen molar-refractivity contribution in [3.63, 3.8) is 0 Å². The van der Waals surface area contributed by atoms with Crippen LogP contribution in [0.25, 0.3) is 0 Å². The fourth-order valence-corrected chi connectivity index (χ4v) is 9.70. The zero-order valence-electron chi connectivity index (χ0n) is 46.1. The number of hydrogen-bond donors (Lipinski definition) is 2. The van der Waals surface area contributed by atoms with Crippen molar-refractivity contribution in [2.24, 2.45) is 0 Å². The molecule has 404 valence electrons. The minimum absolute atomic E-state index is 0.00143. The number of nitrogens with one attached hydrogen (secondary N) is 1. The lowest BCUT2D eigenvalue weighted by atomic mass is 10.0. The average molecular weight is 982 g/mol. The standard InChI is InChI=1S/C59H117N2O6P/c1-6-8-10-12-14-16-18-20-22-24-25-26-27-28-29-30-31-32-33-34-35-37-39-41-43-45-47-49-51-53-59(63)60-57(56-67-68(64,65)66-55-54-61(3,4)5)58(62)52-50-48-46-44-42-40-38-36-23-21-19-17-15-13-11-9-7-2/h24-25,50,52,57-58,62H,6-23,26-49,51,53-56H2,1-5H3,(H-,60,63,64,65)/b25-24-,52-50+. The molecule has 0 bridgehead atoms. The number of allylic oxidation sites excluding steroid dienone is 3. The van der Waals surface area contributed by atoms with Crippen LogP contribution in [0.15, 0.2) is 24.3 Å². The first-order valence-electron chi connectivity index (χ1n) is 29.7. The Balaban J connectivity index is 4.09. The molecular formula is C59H117N2O6P. The Labute approximate surface area is 424 Å². The third kappa shape index (κ3) is 52.8. The fourth-order valence-electron chi connectivity index (χ4n) is 8.97. The van der Waals surface area contributed by atoms with Gasteiger partial charge in [0.15, 0.2) is 0 Å². The van der Waals surface area contributed by atoms with Gasteiger partial charge in [0.2, 0.25) is 5.91 Å². The first-order valence-corrected chi connectivity index (χ1v) is 31.2. The molecule has 0 saturated carbocycles. The Morgan fingerprint density at radius 3 is 1.15 bits per heavy atom. The lowest BCUT2D eigenvalue weighted by Crippen LogP contribution is -2.45. The number of rotatable bonds is 55. The smallest absolute Gasteiger partial charge is 0.268 e. The number of hydrogen-bond acceptors (Lipinski definition) is 6. The number of carbonyl (C=O) groups is 1. The molecule has 9 heteroatoms. The highest BCUT2D eigenvalue weighted by Gasteiger charge is 2.23. The van der Waals surface area contributed by atoms with Crippen LogP contribution in [0.1, 0.15) is 296 Å². The van der Waals surface area contributed by atoms with Gasteiger partial charge < -0.3 is 28.8 Å². The van der Waals surface area contributed by atoms with Crippen molar-refractivity contribution in [3.05, 3.63) is 24.3 Å². The molecule has 0 aromatic carbocycles. The van der Waals surface area contributed by atoms with Crippen LogP contribution in [-0.4, -0.2) is 68.5 Å². The highest BCUT2D eigenvalue weighted by Crippen LogP contribution is 2.38. The molecule has 0 aliphatic heterocycles. The van der Waals surface area contributed by atoms with E-state index in [2.05, 4.69) is 31.3 Å². The molecule has 3 atom stereocenters. The van der Waals surface area contributed by atoms with E-state index in [9.17, 15) is 19.4 Å². The molecule has 1 amide bonds. The monoisotopic (exact) mass is 981 g/mol. The molecule has 68 heavy (non-hydrogen) atoms. The van der Waals surface area contributed by atoms with Crippen LogP contribution >= 0.6 is 7.82 Å². The maximum Gasteiger partial charge on any atom is 0.268 e. The van der Waals surface area contributed by atoms with E-state index in [1.165, 1.54) is 238 Å². The molecule has 0 spiro atoms. The van der Waals surface area contributed by atoms with Crippen molar-refractivity contribution in [2.75, 3.05) is 40.9 Å². The normalized spacial score (nSPS) is 14.0. The second-order valence-corrected chi connectivity index (χ2v) is 23.1. The summed E-state index contributed by atoms with van der Waals surface area (Å²) in [7, 11) is 1.27. The number of likely N-dealkylation sites (N-methyl/N-ethyl adjacent to an activating group) is 1. The number of quaternary nitrogens is 1. The summed E-state index contributed by atoms with van der Waals surface area (Å²) < 4.78 is 23.4. The average Bonchev–Trinajstić information content (AvgIpc) is 3.30. The van der Waals surface area contributed by atoms with E-state index in [1.807, 2.05) is 27.2 Å². The van der Waals surface area contributed by atoms with Gasteiger partial charge in [-0.2, -0.15) is 0 Å². The van der Waals surface area contributed by atoms with Crippen LogP contribution < -0.4 is 10.2 Å². The Hall–Kier alpha value is -1.02. The number of amides is 1. The van der Waals surface area contributed by atoms with Gasteiger partial charge in [-0.15, -0.1) is 0 Å². The number of unbranched alkanes of at least 4 members (excludes halogenated alkanes) is 40. The Morgan fingerprint density at radius 1 is 0.500 bits per heavy atom. The maximum atomic E-state index is 13.0. The van der Waals surface area contributed by atoms with Crippen LogP contribution in [0.5, 0.6) is 0 Å². The van der Waals surface area contributed by atoms with Gasteiger partial charge in [0, 0.05) is 6.42 Å². The number of nitrogens with zero attached hydrogens (tertiary/aromatic N) is 1. The maximum absolute atomic E-state index is 13.0. The molecule has 0 heterocycles. The molecule has 8 nitrogen and oxygen atoms in total. The molecule has 0 radical (unpaired) electrons. The Kier molecular flexibility index (Phi) is 50.1. The van der Waals surface area contributed by atoms with E-state index in [4.69, 9.17) is 9.05 Å². The molecule has 0 aliphatic rings. The summed E-state index contributed by atoms with van der Waals surface area (Å²) in [6, 6.07) is -0.884. The largest absolute Gasteiger partial charge is 0.756 e. The summed E-state index contributed by atoms with van der Waals surface area (Å²) in [5, 5.41) is 13.9. The van der Waals surface area contributed by atoms with Crippen LogP contribution in [0.4, 0.5) is 0 Å². The van der Waals surface area contributed by atoms with Gasteiger partial charge in [-0.05, 0) is 44.9 Å². The Bertz CT molecular complexity index is 1160. The highest BCUT2D eigenvalue weighted by atomic mass is 31.2. The third-order valence-electron chi connectivity index (χ3n) is 13.7. The number of phosphoric acid groups is 1. The number of aliphatic hydroxyl groups excluding tert-OH is 1. The zero-order valence-corrected chi connectivity index (χ0v) is 47.0. The summed E-state index contributed by atoms with van der Waals surface area (Å²) in [6.07, 6.45) is 64.0. The van der Waals surface area contributed by atoms with Gasteiger partial charge in [-0.25, -0.2) is 0 Å². The molecule has 2 N–H and O–H groups in total. The van der Waals surface area contributed by atoms with Gasteiger partial charge in [0.25, 0.3) is 7.82 Å². The SMILES string of the molecule is CCCCCCCCCC/C=C\CCCCCCCCCCCCCCCCCCCC(=O)NC(COP(=O)([O-])OCC[N+](C)(C)C)C(O)/C=C/CCCCCCCCCCCCCCCCC. The molecule has 0 aromatic rings. The lowest BCUT2D eigenvalue weighted by Gasteiger charge is -2.29. The minimum Gasteiger partial charge on any atom is -0.756 e.